The monoisotopic (exact) mass is 411 g/mol. The topological polar surface area (TPSA) is 102 Å². The van der Waals surface area contributed by atoms with Gasteiger partial charge in [0.1, 0.15) is 0 Å². The number of likely N-dealkylation sites (tertiary alicyclic amines) is 1. The molecule has 0 saturated carbocycles. The molecule has 1 aliphatic rings. The van der Waals surface area contributed by atoms with Gasteiger partial charge in [0.25, 0.3) is 11.8 Å². The molecule has 0 radical (unpaired) electrons. The zero-order valence-electron chi connectivity index (χ0n) is 16.9. The first-order valence-corrected chi connectivity index (χ1v) is 10.1. The van der Waals surface area contributed by atoms with Gasteiger partial charge in [-0.05, 0) is 44.0 Å². The van der Waals surface area contributed by atoms with Crippen molar-refractivity contribution in [1.82, 2.24) is 4.90 Å². The Labute approximate surface area is 175 Å². The van der Waals surface area contributed by atoms with E-state index in [9.17, 15) is 19.7 Å². The second kappa shape index (κ2) is 9.87. The summed E-state index contributed by atoms with van der Waals surface area (Å²) in [6.07, 6.45) is 3.32. The molecule has 2 aromatic carbocycles. The zero-order chi connectivity index (χ0) is 21.5. The lowest BCUT2D eigenvalue weighted by Gasteiger charge is -2.21. The maximum absolute atomic E-state index is 12.8. The fourth-order valence-electron chi connectivity index (χ4n) is 3.38. The zero-order valence-corrected chi connectivity index (χ0v) is 16.9. The highest BCUT2D eigenvalue weighted by Gasteiger charge is 2.22. The van der Waals surface area contributed by atoms with E-state index in [0.717, 1.165) is 38.8 Å². The average molecular weight is 411 g/mol. The lowest BCUT2D eigenvalue weighted by atomic mass is 10.1. The number of rotatable bonds is 6. The number of nitro groups is 1. The molecule has 8 nitrogen and oxygen atoms in total. The number of carbonyl (C=O) groups is 2. The summed E-state index contributed by atoms with van der Waals surface area (Å²) in [5, 5.41) is 13.8. The number of benzene rings is 2. The molecule has 0 spiro atoms. The van der Waals surface area contributed by atoms with Crippen molar-refractivity contribution in [2.45, 2.75) is 38.7 Å². The minimum atomic E-state index is -0.962. The van der Waals surface area contributed by atoms with Crippen LogP contribution >= 0.6 is 0 Å². The van der Waals surface area contributed by atoms with Crippen LogP contribution in [0.2, 0.25) is 0 Å². The first kappa shape index (κ1) is 21.3. The van der Waals surface area contributed by atoms with Gasteiger partial charge in [0.15, 0.2) is 11.9 Å². The fourth-order valence-corrected chi connectivity index (χ4v) is 3.38. The Morgan fingerprint density at radius 3 is 2.47 bits per heavy atom. The SMILES string of the molecule is CC(Oc1ccccc1[N+](=O)[O-])C(=O)Nc1cccc(C(=O)N2CCCCCC2)c1. The van der Waals surface area contributed by atoms with E-state index in [0.29, 0.717) is 11.3 Å². The molecule has 1 saturated heterocycles. The molecule has 0 bridgehead atoms. The van der Waals surface area contributed by atoms with Crippen LogP contribution in [0, 0.1) is 10.1 Å². The van der Waals surface area contributed by atoms with Crippen LogP contribution < -0.4 is 10.1 Å². The number of anilines is 1. The van der Waals surface area contributed by atoms with E-state index in [2.05, 4.69) is 5.32 Å². The number of hydrogen-bond acceptors (Lipinski definition) is 5. The van der Waals surface area contributed by atoms with E-state index in [4.69, 9.17) is 4.74 Å². The third-order valence-corrected chi connectivity index (χ3v) is 5.01. The minimum absolute atomic E-state index is 0.0234. The molecule has 1 aliphatic heterocycles. The molecule has 2 amide bonds. The Balaban J connectivity index is 1.66. The van der Waals surface area contributed by atoms with Gasteiger partial charge in [-0.25, -0.2) is 0 Å². The molecule has 1 N–H and O–H groups in total. The Bertz CT molecular complexity index is 922. The highest BCUT2D eigenvalue weighted by molar-refractivity contribution is 5.98. The van der Waals surface area contributed by atoms with Crippen LogP contribution in [0.1, 0.15) is 43.0 Å². The summed E-state index contributed by atoms with van der Waals surface area (Å²) in [7, 11) is 0. The molecule has 30 heavy (non-hydrogen) atoms. The van der Waals surface area contributed by atoms with Crippen LogP contribution in [0.15, 0.2) is 48.5 Å². The molecule has 1 atom stereocenters. The van der Waals surface area contributed by atoms with Crippen LogP contribution in [0.25, 0.3) is 0 Å². The van der Waals surface area contributed by atoms with Crippen molar-refractivity contribution in [3.05, 3.63) is 64.2 Å². The first-order chi connectivity index (χ1) is 14.5. The van der Waals surface area contributed by atoms with Crippen molar-refractivity contribution < 1.29 is 19.2 Å². The smallest absolute Gasteiger partial charge is 0.310 e. The maximum Gasteiger partial charge on any atom is 0.310 e. The minimum Gasteiger partial charge on any atom is -0.474 e. The van der Waals surface area contributed by atoms with Gasteiger partial charge in [-0.3, -0.25) is 19.7 Å². The summed E-state index contributed by atoms with van der Waals surface area (Å²) in [6.45, 7) is 3.00. The second-order valence-corrected chi connectivity index (χ2v) is 7.26. The van der Waals surface area contributed by atoms with Crippen LogP contribution in [-0.4, -0.2) is 40.8 Å². The van der Waals surface area contributed by atoms with Crippen molar-refractivity contribution in [2.24, 2.45) is 0 Å². The Hall–Kier alpha value is -3.42. The number of nitrogens with one attached hydrogen (secondary N) is 1. The number of nitrogens with zero attached hydrogens (tertiary/aromatic N) is 2. The Kier molecular flexibility index (Phi) is 7.00. The summed E-state index contributed by atoms with van der Waals surface area (Å²) in [5.74, 6) is -0.486. The van der Waals surface area contributed by atoms with Crippen LogP contribution in [-0.2, 0) is 4.79 Å². The quantitative estimate of drug-likeness (QED) is 0.571. The Morgan fingerprint density at radius 2 is 1.77 bits per heavy atom. The van der Waals surface area contributed by atoms with Crippen molar-refractivity contribution >= 4 is 23.2 Å². The number of carbonyl (C=O) groups excluding carboxylic acids is 2. The predicted molar refractivity (Wildman–Crippen MR) is 113 cm³/mol. The predicted octanol–water partition coefficient (Wildman–Crippen LogP) is 4.02. The fraction of sp³-hybridized carbons (Fsp3) is 0.364. The lowest BCUT2D eigenvalue weighted by molar-refractivity contribution is -0.386. The molecule has 0 aliphatic carbocycles. The third kappa shape index (κ3) is 5.34. The van der Waals surface area contributed by atoms with E-state index in [1.165, 1.54) is 25.1 Å². The van der Waals surface area contributed by atoms with Gasteiger partial charge in [-0.2, -0.15) is 0 Å². The summed E-state index contributed by atoms with van der Waals surface area (Å²) in [5.41, 5.74) is 0.780. The summed E-state index contributed by atoms with van der Waals surface area (Å²) in [4.78, 5) is 37.7. The van der Waals surface area contributed by atoms with E-state index in [1.807, 2.05) is 4.90 Å². The van der Waals surface area contributed by atoms with Gasteiger partial charge < -0.3 is 15.0 Å². The van der Waals surface area contributed by atoms with Gasteiger partial charge in [0.2, 0.25) is 0 Å². The van der Waals surface area contributed by atoms with Crippen molar-refractivity contribution in [3.63, 3.8) is 0 Å². The standard InChI is InChI=1S/C22H25N3O5/c1-16(30-20-12-5-4-11-19(20)25(28)29)21(26)23-18-10-8-9-17(15-18)22(27)24-13-6-2-3-7-14-24/h4-5,8-12,15-16H,2-3,6-7,13-14H2,1H3,(H,23,26). The van der Waals surface area contributed by atoms with E-state index >= 15 is 0 Å². The lowest BCUT2D eigenvalue weighted by Crippen LogP contribution is -2.32. The van der Waals surface area contributed by atoms with Crippen molar-refractivity contribution in [3.8, 4) is 5.75 Å². The van der Waals surface area contributed by atoms with Gasteiger partial charge >= 0.3 is 5.69 Å². The van der Waals surface area contributed by atoms with Gasteiger partial charge in [-0.1, -0.05) is 31.0 Å². The largest absolute Gasteiger partial charge is 0.474 e. The summed E-state index contributed by atoms with van der Waals surface area (Å²) in [6, 6.07) is 12.7. The normalized spacial score (nSPS) is 15.0. The highest BCUT2D eigenvalue weighted by atomic mass is 16.6. The molecule has 1 fully saturated rings. The van der Waals surface area contributed by atoms with Gasteiger partial charge in [0, 0.05) is 30.4 Å². The summed E-state index contributed by atoms with van der Waals surface area (Å²) < 4.78 is 5.50. The average Bonchev–Trinajstić information content (AvgIpc) is 3.03. The van der Waals surface area contributed by atoms with Crippen molar-refractivity contribution in [2.75, 3.05) is 18.4 Å². The molecule has 158 valence electrons. The number of ether oxygens (including phenoxy) is 1. The molecule has 1 unspecified atom stereocenters. The van der Waals surface area contributed by atoms with Gasteiger partial charge in [0.05, 0.1) is 4.92 Å². The first-order valence-electron chi connectivity index (χ1n) is 10.1. The maximum atomic E-state index is 12.8. The third-order valence-electron chi connectivity index (χ3n) is 5.01. The van der Waals surface area contributed by atoms with Crippen LogP contribution in [0.5, 0.6) is 5.75 Å². The number of amides is 2. The van der Waals surface area contributed by atoms with Crippen molar-refractivity contribution in [1.29, 1.82) is 0 Å². The molecular formula is C22H25N3O5. The molecule has 0 aromatic heterocycles. The number of para-hydroxylation sites is 2. The molecule has 2 aromatic rings. The molecular weight excluding hydrogens is 386 g/mol. The molecule has 3 rings (SSSR count). The number of nitro benzene ring substituents is 1. The van der Waals surface area contributed by atoms with E-state index < -0.39 is 16.9 Å². The molecule has 1 heterocycles. The number of hydrogen-bond donors (Lipinski definition) is 1. The van der Waals surface area contributed by atoms with Gasteiger partial charge in [-0.15, -0.1) is 0 Å². The second-order valence-electron chi connectivity index (χ2n) is 7.26. The molecule has 8 heteroatoms. The Morgan fingerprint density at radius 1 is 1.07 bits per heavy atom. The summed E-state index contributed by atoms with van der Waals surface area (Å²) >= 11 is 0. The highest BCUT2D eigenvalue weighted by Crippen LogP contribution is 2.27. The van der Waals surface area contributed by atoms with Crippen LogP contribution in [0.4, 0.5) is 11.4 Å². The van der Waals surface area contributed by atoms with E-state index in [1.54, 1.807) is 30.3 Å². The van der Waals surface area contributed by atoms with Crippen LogP contribution in [0.3, 0.4) is 0 Å². The van der Waals surface area contributed by atoms with E-state index in [-0.39, 0.29) is 17.3 Å².